The van der Waals surface area contributed by atoms with Gasteiger partial charge in [-0.2, -0.15) is 0 Å². The molecule has 15 nitrogen and oxygen atoms in total. The summed E-state index contributed by atoms with van der Waals surface area (Å²) >= 11 is 0. The Labute approximate surface area is 248 Å². The molecule has 0 aliphatic heterocycles. The molecule has 0 aliphatic carbocycles. The molecule has 0 unspecified atom stereocenters. The maximum atomic E-state index is 12.8. The average Bonchev–Trinajstić information content (AvgIpc) is 2.83. The van der Waals surface area contributed by atoms with E-state index in [1.54, 1.807) is 18.6 Å². The maximum Gasteiger partial charge on any atom is 3.00 e. The van der Waals surface area contributed by atoms with Gasteiger partial charge >= 0.3 is 17.1 Å². The number of halogens is 2. The van der Waals surface area contributed by atoms with Crippen LogP contribution in [-0.2, 0) is 30.2 Å². The fourth-order valence-electron chi connectivity index (χ4n) is 3.15. The Hall–Kier alpha value is -2.90. The molecule has 3 heterocycles. The molecule has 3 aromatic heterocycles. The second kappa shape index (κ2) is 18.5. The molecule has 0 amide bonds. The normalized spacial score (nSPS) is 11.3. The fraction of sp³-hybridized carbons (Fsp3) is 0.130. The largest absolute Gasteiger partial charge is 3.00 e. The van der Waals surface area contributed by atoms with Crippen molar-refractivity contribution in [3.05, 3.63) is 96.7 Å². The van der Waals surface area contributed by atoms with E-state index in [0.29, 0.717) is 18.8 Å². The van der Waals surface area contributed by atoms with Crippen LogP contribution in [0.15, 0.2) is 90.3 Å². The fourth-order valence-corrected chi connectivity index (χ4v) is 3.15. The summed E-state index contributed by atoms with van der Waals surface area (Å²) in [6, 6.07) is 21.0. The Morgan fingerprint density at radius 1 is 0.659 bits per heavy atom. The predicted molar refractivity (Wildman–Crippen MR) is 115 cm³/mol. The van der Waals surface area contributed by atoms with Crippen LogP contribution < -0.4 is 42.4 Å². The SMILES string of the molecule is O.[Fe+3].[O-]C(CN(Cc1ccccn1)Cc1ccccn1)=Nc1cccc2cccnc12.[O-][Cl+3]([O-])([O-])[O-].[O-][Cl+3]([O-])([O-])[O-]. The number of hydrogen-bond acceptors (Lipinski definition) is 14. The number of rotatable bonds is 7. The van der Waals surface area contributed by atoms with Gasteiger partial charge in [-0.1, -0.05) is 30.3 Å². The van der Waals surface area contributed by atoms with Crippen LogP contribution >= 0.6 is 0 Å². The number of benzene rings is 1. The molecule has 0 spiro atoms. The second-order valence-corrected chi connectivity index (χ2v) is 8.91. The van der Waals surface area contributed by atoms with E-state index in [9.17, 15) is 5.11 Å². The van der Waals surface area contributed by atoms with E-state index in [4.69, 9.17) is 37.3 Å². The molecule has 41 heavy (non-hydrogen) atoms. The van der Waals surface area contributed by atoms with Crippen LogP contribution in [0.5, 0.6) is 0 Å². The number of hydrogen-bond donors (Lipinski definition) is 0. The Balaban J connectivity index is 0.00000116. The van der Waals surface area contributed by atoms with Crippen LogP contribution in [0.3, 0.4) is 0 Å². The summed E-state index contributed by atoms with van der Waals surface area (Å²) in [5.74, 6) is -0.227. The van der Waals surface area contributed by atoms with Crippen molar-refractivity contribution in [1.82, 2.24) is 19.9 Å². The third-order valence-electron chi connectivity index (χ3n) is 4.44. The quantitative estimate of drug-likeness (QED) is 0.102. The van der Waals surface area contributed by atoms with Gasteiger partial charge in [0, 0.05) is 43.6 Å². The summed E-state index contributed by atoms with van der Waals surface area (Å²) in [5, 5.41) is 13.7. The minimum Gasteiger partial charge on any atom is -0.861 e. The van der Waals surface area contributed by atoms with Crippen LogP contribution in [0, 0.1) is 20.5 Å². The number of fused-ring (bicyclic) bond motifs is 1. The molecular weight excluding hydrogens is 633 g/mol. The summed E-state index contributed by atoms with van der Waals surface area (Å²) in [7, 11) is -9.89. The zero-order valence-electron chi connectivity index (χ0n) is 20.7. The summed E-state index contributed by atoms with van der Waals surface area (Å²) in [6.45, 7) is 1.23. The molecule has 0 fully saturated rings. The van der Waals surface area contributed by atoms with Gasteiger partial charge in [-0.15, -0.1) is 20.5 Å². The first-order valence-corrected chi connectivity index (χ1v) is 13.1. The Kier molecular flexibility index (Phi) is 17.2. The van der Waals surface area contributed by atoms with Crippen LogP contribution in [0.1, 0.15) is 11.4 Å². The Morgan fingerprint density at radius 2 is 1.12 bits per heavy atom. The van der Waals surface area contributed by atoms with E-state index in [1.807, 2.05) is 71.6 Å². The topological polar surface area (TPSA) is 293 Å². The summed E-state index contributed by atoms with van der Waals surface area (Å²) < 4.78 is 67.9. The van der Waals surface area contributed by atoms with Crippen molar-refractivity contribution in [2.75, 3.05) is 6.54 Å². The first-order chi connectivity index (χ1) is 18.3. The van der Waals surface area contributed by atoms with Crippen molar-refractivity contribution >= 4 is 22.5 Å². The minimum absolute atomic E-state index is 0. The standard InChI is InChI=1S/C23H21N5O.2ClHO4.Fe.H2O/c29-22(27-21-11-5-7-18-8-6-14-26-23(18)21)17-28(15-19-9-1-3-12-24-19)16-20-10-2-4-13-25-20;2*2-1(3,4)5;;/h1-14H,15-17H2,(H,27,29);2*(H,2,3,4,5);;1H2/q;;;+3;/p-3. The summed E-state index contributed by atoms with van der Waals surface area (Å²) in [5.41, 5.74) is 3.10. The molecule has 4 aromatic rings. The third-order valence-corrected chi connectivity index (χ3v) is 4.44. The Bertz CT molecular complexity index is 1250. The summed E-state index contributed by atoms with van der Waals surface area (Å²) in [6.07, 6.45) is 5.21. The van der Waals surface area contributed by atoms with Crippen molar-refractivity contribution in [1.29, 1.82) is 0 Å². The van der Waals surface area contributed by atoms with Gasteiger partial charge in [0.2, 0.25) is 0 Å². The Morgan fingerprint density at radius 3 is 1.59 bits per heavy atom. The van der Waals surface area contributed by atoms with E-state index in [2.05, 4.69) is 19.9 Å². The number of aliphatic imine (C=N–C) groups is 1. The first-order valence-electron chi connectivity index (χ1n) is 10.6. The van der Waals surface area contributed by atoms with Crippen molar-refractivity contribution in [2.45, 2.75) is 13.1 Å². The van der Waals surface area contributed by atoms with Crippen LogP contribution in [0.2, 0.25) is 0 Å². The molecule has 0 bridgehead atoms. The first kappa shape index (κ1) is 38.1. The van der Waals surface area contributed by atoms with Crippen LogP contribution in [0.25, 0.3) is 10.9 Å². The van der Waals surface area contributed by atoms with Gasteiger partial charge < -0.3 is 10.6 Å². The number of aromatic nitrogens is 3. The van der Waals surface area contributed by atoms with Gasteiger partial charge in [-0.05, 0) is 42.3 Å². The average molecular weight is 655 g/mol. The van der Waals surface area contributed by atoms with E-state index in [-0.39, 0.29) is 35.0 Å². The maximum absolute atomic E-state index is 12.8. The molecule has 1 aromatic carbocycles. The van der Waals surface area contributed by atoms with E-state index in [0.717, 1.165) is 22.3 Å². The second-order valence-electron chi connectivity index (χ2n) is 7.40. The van der Waals surface area contributed by atoms with Crippen molar-refractivity contribution in [3.8, 4) is 0 Å². The molecule has 18 heteroatoms. The molecule has 4 rings (SSSR count). The van der Waals surface area contributed by atoms with Gasteiger partial charge in [0.25, 0.3) is 0 Å². The van der Waals surface area contributed by atoms with Gasteiger partial charge in [-0.3, -0.25) is 24.8 Å². The summed E-state index contributed by atoms with van der Waals surface area (Å²) in [4.78, 5) is 19.4. The van der Waals surface area contributed by atoms with E-state index < -0.39 is 20.5 Å². The third kappa shape index (κ3) is 18.2. The molecule has 0 saturated carbocycles. The van der Waals surface area contributed by atoms with Crippen molar-refractivity contribution < 1.29 is 85.4 Å². The van der Waals surface area contributed by atoms with E-state index >= 15 is 0 Å². The monoisotopic (exact) mass is 654 g/mol. The molecule has 0 saturated heterocycles. The van der Waals surface area contributed by atoms with Crippen LogP contribution in [0.4, 0.5) is 5.69 Å². The van der Waals surface area contributed by atoms with Crippen LogP contribution in [-0.4, -0.2) is 37.8 Å². The predicted octanol–water partition coefficient (Wildman–Crippen LogP) is -7.22. The van der Waals surface area contributed by atoms with Gasteiger partial charge in [0.1, 0.15) is 0 Å². The smallest absolute Gasteiger partial charge is 0.861 e. The number of pyridine rings is 3. The van der Waals surface area contributed by atoms with Crippen molar-refractivity contribution in [3.63, 3.8) is 0 Å². The number of nitrogens with zero attached hydrogens (tertiary/aromatic N) is 5. The zero-order valence-corrected chi connectivity index (χ0v) is 23.3. The van der Waals surface area contributed by atoms with E-state index in [1.165, 1.54) is 0 Å². The molecule has 1 radical (unpaired) electrons. The molecule has 221 valence electrons. The van der Waals surface area contributed by atoms with Crippen molar-refractivity contribution in [2.24, 2.45) is 4.99 Å². The van der Waals surface area contributed by atoms with Gasteiger partial charge in [-0.25, -0.2) is 37.3 Å². The zero-order chi connectivity index (χ0) is 28.9. The molecule has 0 aliphatic rings. The minimum atomic E-state index is -4.94. The molecule has 0 atom stereocenters. The van der Waals surface area contributed by atoms with Gasteiger partial charge in [0.15, 0.2) is 0 Å². The molecular formula is C23H22Cl2FeN5O10. The number of para-hydroxylation sites is 1. The van der Waals surface area contributed by atoms with Gasteiger partial charge in [0.05, 0.1) is 22.6 Å². The molecule has 2 N–H and O–H groups in total.